The molecule has 138 valence electrons. The van der Waals surface area contributed by atoms with Crippen LogP contribution >= 0.6 is 0 Å². The van der Waals surface area contributed by atoms with Gasteiger partial charge in [-0.1, -0.05) is 79.8 Å². The fraction of sp³-hybridized carbons (Fsp3) is 0.409. The van der Waals surface area contributed by atoms with Crippen LogP contribution in [0.3, 0.4) is 0 Å². The van der Waals surface area contributed by atoms with Gasteiger partial charge in [0.05, 0.1) is 6.10 Å². The third-order valence-corrected chi connectivity index (χ3v) is 3.19. The number of allylic oxidation sites excluding steroid dienone is 10. The first-order valence-electron chi connectivity index (χ1n) is 8.98. The highest BCUT2D eigenvalue weighted by Crippen LogP contribution is 1.99. The van der Waals surface area contributed by atoms with E-state index in [0.29, 0.717) is 12.8 Å². The zero-order chi connectivity index (χ0) is 18.6. The number of carboxylic acid groups (broad SMARTS) is 1. The lowest BCUT2D eigenvalue weighted by atomic mass is 10.2. The number of rotatable bonds is 14. The molecule has 0 aliphatic rings. The van der Waals surface area contributed by atoms with Crippen LogP contribution in [0.25, 0.3) is 0 Å². The molecule has 0 aromatic heterocycles. The molecule has 0 spiro atoms. The summed E-state index contributed by atoms with van der Waals surface area (Å²) in [6.07, 6.45) is 28.2. The molecule has 0 unspecified atom stereocenters. The number of hydrogen-bond donors (Lipinski definition) is 1. The highest BCUT2D eigenvalue weighted by molar-refractivity contribution is 5.64. The number of aliphatic hydroxyl groups is 1. The maximum absolute atomic E-state index is 10.2. The predicted molar refractivity (Wildman–Crippen MR) is 104 cm³/mol. The highest BCUT2D eigenvalue weighted by atomic mass is 16.4. The molecule has 0 aliphatic carbocycles. The second-order valence-corrected chi connectivity index (χ2v) is 5.53. The molecule has 0 saturated carbocycles. The first-order valence-corrected chi connectivity index (χ1v) is 8.98. The zero-order valence-electron chi connectivity index (χ0n) is 15.2. The minimum absolute atomic E-state index is 0.0762. The third kappa shape index (κ3) is 19.8. The lowest BCUT2D eigenvalue weighted by Gasteiger charge is -1.98. The van der Waals surface area contributed by atoms with E-state index in [-0.39, 0.29) is 6.42 Å². The van der Waals surface area contributed by atoms with E-state index in [2.05, 4.69) is 31.2 Å². The van der Waals surface area contributed by atoms with Gasteiger partial charge in [-0.15, -0.1) is 0 Å². The van der Waals surface area contributed by atoms with Crippen molar-refractivity contribution in [1.82, 2.24) is 0 Å². The van der Waals surface area contributed by atoms with Gasteiger partial charge < -0.3 is 15.0 Å². The van der Waals surface area contributed by atoms with Crippen molar-refractivity contribution >= 4 is 5.97 Å². The predicted octanol–water partition coefficient (Wildman–Crippen LogP) is 4.19. The summed E-state index contributed by atoms with van der Waals surface area (Å²) in [4.78, 5) is 10.2. The monoisotopic (exact) mass is 343 g/mol. The van der Waals surface area contributed by atoms with E-state index < -0.39 is 12.1 Å². The first kappa shape index (κ1) is 22.9. The fourth-order valence-corrected chi connectivity index (χ4v) is 1.87. The summed E-state index contributed by atoms with van der Waals surface area (Å²) in [6, 6.07) is 0. The number of aliphatic carboxylic acids is 1. The average Bonchev–Trinajstić information content (AvgIpc) is 2.58. The van der Waals surface area contributed by atoms with Gasteiger partial charge in [-0.25, -0.2) is 0 Å². The molecule has 3 nitrogen and oxygen atoms in total. The Morgan fingerprint density at radius 2 is 1.48 bits per heavy atom. The van der Waals surface area contributed by atoms with E-state index in [0.717, 1.165) is 25.7 Å². The standard InChI is InChI=1S/C22H32O3/c1-2-3-4-5-12-15-18-21(23)19-16-13-10-8-6-7-9-11-14-17-20-22(24)25/h3-4,6-7,10-16,19,21,23H,2,5,8-9,17-18,20H2,1H3,(H,24,25)/p-1/b4-3-,7-6-,13-10-,14-11-,15-12-,19-16+/t21-/m1/s1. The molecule has 25 heavy (non-hydrogen) atoms. The minimum Gasteiger partial charge on any atom is -0.550 e. The molecule has 0 fully saturated rings. The summed E-state index contributed by atoms with van der Waals surface area (Å²) in [6.45, 7) is 2.11. The van der Waals surface area contributed by atoms with Crippen LogP contribution in [-0.4, -0.2) is 17.2 Å². The smallest absolute Gasteiger partial charge is 0.0758 e. The van der Waals surface area contributed by atoms with Gasteiger partial charge in [-0.3, -0.25) is 0 Å². The summed E-state index contributed by atoms with van der Waals surface area (Å²) >= 11 is 0. The molecule has 0 aromatic rings. The van der Waals surface area contributed by atoms with Crippen molar-refractivity contribution in [2.24, 2.45) is 0 Å². The summed E-state index contributed by atoms with van der Waals surface area (Å²) in [5.74, 6) is -1.01. The Morgan fingerprint density at radius 1 is 0.880 bits per heavy atom. The number of carbonyl (C=O) groups is 1. The molecule has 0 heterocycles. The molecule has 0 saturated heterocycles. The van der Waals surface area contributed by atoms with E-state index in [1.54, 1.807) is 6.08 Å². The second kappa shape index (κ2) is 18.2. The molecule has 0 amide bonds. The van der Waals surface area contributed by atoms with Crippen molar-refractivity contribution < 1.29 is 15.0 Å². The van der Waals surface area contributed by atoms with Crippen molar-refractivity contribution in [2.45, 2.75) is 58.0 Å². The van der Waals surface area contributed by atoms with Gasteiger partial charge in [-0.2, -0.15) is 0 Å². The molecule has 0 aliphatic heterocycles. The Kier molecular flexibility index (Phi) is 16.7. The van der Waals surface area contributed by atoms with Gasteiger partial charge in [0.1, 0.15) is 0 Å². The van der Waals surface area contributed by atoms with Crippen LogP contribution in [0.1, 0.15) is 51.9 Å². The SMILES string of the molecule is CC/C=C\C/C=C\C[C@@H](O)/C=C/C=C\C/C=C\C/C=C\CCC(=O)[O-]. The second-order valence-electron chi connectivity index (χ2n) is 5.53. The van der Waals surface area contributed by atoms with Crippen LogP contribution in [0.5, 0.6) is 0 Å². The quantitative estimate of drug-likeness (QED) is 0.380. The van der Waals surface area contributed by atoms with Gasteiger partial charge in [-0.05, 0) is 44.9 Å². The highest BCUT2D eigenvalue weighted by Gasteiger charge is 1.92. The summed E-state index contributed by atoms with van der Waals surface area (Å²) in [7, 11) is 0. The van der Waals surface area contributed by atoms with Gasteiger partial charge in [0.25, 0.3) is 0 Å². The molecule has 1 atom stereocenters. The van der Waals surface area contributed by atoms with Crippen LogP contribution < -0.4 is 5.11 Å². The molecule has 0 bridgehead atoms. The number of aliphatic hydroxyl groups excluding tert-OH is 1. The number of hydrogen-bond acceptors (Lipinski definition) is 3. The normalized spacial score (nSPS) is 14.3. The van der Waals surface area contributed by atoms with Crippen LogP contribution in [-0.2, 0) is 4.79 Å². The fourth-order valence-electron chi connectivity index (χ4n) is 1.87. The maximum Gasteiger partial charge on any atom is 0.0758 e. The molecule has 3 heteroatoms. The van der Waals surface area contributed by atoms with Crippen LogP contribution in [0, 0.1) is 0 Å². The Bertz CT molecular complexity index is 493. The maximum atomic E-state index is 10.2. The van der Waals surface area contributed by atoms with Gasteiger partial charge >= 0.3 is 0 Å². The number of carbonyl (C=O) groups excluding carboxylic acids is 1. The topological polar surface area (TPSA) is 60.4 Å². The van der Waals surface area contributed by atoms with Crippen molar-refractivity contribution in [3.63, 3.8) is 0 Å². The summed E-state index contributed by atoms with van der Waals surface area (Å²) in [5, 5.41) is 20.0. The zero-order valence-corrected chi connectivity index (χ0v) is 15.2. The van der Waals surface area contributed by atoms with Gasteiger partial charge in [0.2, 0.25) is 0 Å². The molecule has 1 N–H and O–H groups in total. The van der Waals surface area contributed by atoms with E-state index >= 15 is 0 Å². The van der Waals surface area contributed by atoms with E-state index in [1.807, 2.05) is 42.5 Å². The van der Waals surface area contributed by atoms with E-state index in [9.17, 15) is 15.0 Å². The molecular formula is C22H31O3-. The van der Waals surface area contributed by atoms with Crippen molar-refractivity contribution in [3.8, 4) is 0 Å². The minimum atomic E-state index is -1.01. The lowest BCUT2D eigenvalue weighted by Crippen LogP contribution is -2.21. The van der Waals surface area contributed by atoms with Crippen molar-refractivity contribution in [2.75, 3.05) is 0 Å². The van der Waals surface area contributed by atoms with Crippen LogP contribution in [0.15, 0.2) is 72.9 Å². The Hall–Kier alpha value is -2.13. The van der Waals surface area contributed by atoms with Crippen molar-refractivity contribution in [1.29, 1.82) is 0 Å². The third-order valence-electron chi connectivity index (χ3n) is 3.19. The summed E-state index contributed by atoms with van der Waals surface area (Å²) < 4.78 is 0. The van der Waals surface area contributed by atoms with Crippen LogP contribution in [0.2, 0.25) is 0 Å². The Labute approximate surface area is 152 Å². The number of carboxylic acids is 1. The summed E-state index contributed by atoms with van der Waals surface area (Å²) in [5.41, 5.74) is 0. The van der Waals surface area contributed by atoms with E-state index in [1.165, 1.54) is 0 Å². The molecule has 0 radical (unpaired) electrons. The van der Waals surface area contributed by atoms with E-state index in [4.69, 9.17) is 0 Å². The van der Waals surface area contributed by atoms with Gasteiger partial charge in [0, 0.05) is 5.97 Å². The Balaban J connectivity index is 3.71. The lowest BCUT2D eigenvalue weighted by molar-refractivity contribution is -0.305. The molecular weight excluding hydrogens is 312 g/mol. The molecule has 0 aromatic carbocycles. The molecule has 0 rings (SSSR count). The van der Waals surface area contributed by atoms with Crippen molar-refractivity contribution in [3.05, 3.63) is 72.9 Å². The van der Waals surface area contributed by atoms with Gasteiger partial charge in [0.15, 0.2) is 0 Å². The Morgan fingerprint density at radius 3 is 2.16 bits per heavy atom. The average molecular weight is 343 g/mol. The van der Waals surface area contributed by atoms with Crippen LogP contribution in [0.4, 0.5) is 0 Å². The first-order chi connectivity index (χ1) is 12.2. The largest absolute Gasteiger partial charge is 0.550 e.